The molecular formula is C34H37FN6O3S. The SMILES string of the molecule is CO[C@H]1CCCN(c2nccc3cc(-c4c(C(N)=O)c(CC(C)C)nc(CCc5ccc(F)cc5)c4-c4nnc(C)o4)sc23)C1. The summed E-state index contributed by atoms with van der Waals surface area (Å²) in [7, 11) is 1.75. The number of piperidine rings is 1. The lowest BCUT2D eigenvalue weighted by molar-refractivity contribution is 0.0892. The van der Waals surface area contributed by atoms with Gasteiger partial charge in [0.05, 0.1) is 33.3 Å². The van der Waals surface area contributed by atoms with Gasteiger partial charge in [0, 0.05) is 43.8 Å². The van der Waals surface area contributed by atoms with E-state index in [0.717, 1.165) is 52.3 Å². The number of nitrogens with two attached hydrogens (primary N) is 1. The maximum Gasteiger partial charge on any atom is 0.251 e. The number of pyridine rings is 2. The van der Waals surface area contributed by atoms with Gasteiger partial charge in [0.1, 0.15) is 11.6 Å². The van der Waals surface area contributed by atoms with Crippen LogP contribution in [0.3, 0.4) is 0 Å². The summed E-state index contributed by atoms with van der Waals surface area (Å²) in [5.74, 6) is 0.938. The number of methoxy groups -OCH3 is 1. The fraction of sp³-hybridized carbons (Fsp3) is 0.382. The van der Waals surface area contributed by atoms with E-state index >= 15 is 0 Å². The van der Waals surface area contributed by atoms with Crippen LogP contribution in [0, 0.1) is 18.7 Å². The van der Waals surface area contributed by atoms with Gasteiger partial charge in [0.25, 0.3) is 5.91 Å². The Balaban J connectivity index is 1.57. The van der Waals surface area contributed by atoms with Crippen molar-refractivity contribution >= 4 is 33.1 Å². The summed E-state index contributed by atoms with van der Waals surface area (Å²) < 4.78 is 26.4. The lowest BCUT2D eigenvalue weighted by Crippen LogP contribution is -2.39. The van der Waals surface area contributed by atoms with Crippen LogP contribution in [-0.4, -0.2) is 52.4 Å². The fourth-order valence-corrected chi connectivity index (χ4v) is 7.31. The Kier molecular flexibility index (Phi) is 8.91. The Bertz CT molecular complexity index is 1830. The van der Waals surface area contributed by atoms with Gasteiger partial charge < -0.3 is 19.8 Å². The highest BCUT2D eigenvalue weighted by molar-refractivity contribution is 7.23. The summed E-state index contributed by atoms with van der Waals surface area (Å²) in [4.78, 5) is 26.3. The van der Waals surface area contributed by atoms with Gasteiger partial charge in [-0.15, -0.1) is 21.5 Å². The van der Waals surface area contributed by atoms with Gasteiger partial charge in [-0.3, -0.25) is 9.78 Å². The number of hydrogen-bond acceptors (Lipinski definition) is 9. The van der Waals surface area contributed by atoms with Crippen molar-refractivity contribution in [1.29, 1.82) is 0 Å². The van der Waals surface area contributed by atoms with E-state index in [1.807, 2.05) is 12.3 Å². The van der Waals surface area contributed by atoms with Crippen LogP contribution in [0.5, 0.6) is 0 Å². The van der Waals surface area contributed by atoms with E-state index in [1.165, 1.54) is 12.1 Å². The molecule has 0 bridgehead atoms. The first-order valence-corrected chi connectivity index (χ1v) is 16.1. The topological polar surface area (TPSA) is 120 Å². The first-order chi connectivity index (χ1) is 21.7. The van der Waals surface area contributed by atoms with Crippen LogP contribution in [0.4, 0.5) is 10.2 Å². The first kappa shape index (κ1) is 30.8. The van der Waals surface area contributed by atoms with Gasteiger partial charge in [-0.25, -0.2) is 9.37 Å². The van der Waals surface area contributed by atoms with Crippen molar-refractivity contribution in [3.05, 3.63) is 76.8 Å². The average molecular weight is 629 g/mol. The summed E-state index contributed by atoms with van der Waals surface area (Å²) in [6.07, 6.45) is 5.66. The van der Waals surface area contributed by atoms with Crippen molar-refractivity contribution in [3.8, 4) is 21.9 Å². The van der Waals surface area contributed by atoms with Crippen LogP contribution in [0.2, 0.25) is 0 Å². The molecule has 5 aromatic rings. The molecule has 9 nitrogen and oxygen atoms in total. The van der Waals surface area contributed by atoms with E-state index in [1.54, 1.807) is 37.5 Å². The van der Waals surface area contributed by atoms with Gasteiger partial charge in [0.2, 0.25) is 11.8 Å². The minimum atomic E-state index is -0.564. The average Bonchev–Trinajstić information content (AvgIpc) is 3.66. The number of amides is 1. The highest BCUT2D eigenvalue weighted by Gasteiger charge is 2.30. The number of carbonyl (C=O) groups excluding carboxylic acids is 1. The standard InChI is InChI=1S/C34H37FN6O3S/c1-19(2)16-26-28(32(36)42)30(27-17-22-13-14-37-33(31(22)45-27)41-15-5-6-24(18-41)43-4)29(34-40-39-20(3)44-34)25(38-26)12-9-21-7-10-23(35)11-8-21/h7-8,10-11,13-14,17,19,24H,5-6,9,12,15-16,18H2,1-4H3,(H2,36,42)/t24-/m0/s1. The van der Waals surface area contributed by atoms with Crippen molar-refractivity contribution in [2.24, 2.45) is 11.7 Å². The van der Waals surface area contributed by atoms with Crippen LogP contribution < -0.4 is 10.6 Å². The summed E-state index contributed by atoms with van der Waals surface area (Å²) in [6, 6.07) is 10.5. The van der Waals surface area contributed by atoms with Gasteiger partial charge in [-0.05, 0) is 73.2 Å². The lowest BCUT2D eigenvalue weighted by Gasteiger charge is -2.33. The third-order valence-corrected chi connectivity index (χ3v) is 9.34. The molecule has 4 aromatic heterocycles. The highest BCUT2D eigenvalue weighted by atomic mass is 32.1. The minimum absolute atomic E-state index is 0.145. The van der Waals surface area contributed by atoms with E-state index in [0.29, 0.717) is 53.2 Å². The zero-order chi connectivity index (χ0) is 31.7. The minimum Gasteiger partial charge on any atom is -0.421 e. The highest BCUT2D eigenvalue weighted by Crippen LogP contribution is 2.45. The van der Waals surface area contributed by atoms with Crippen LogP contribution >= 0.6 is 11.3 Å². The second-order valence-electron chi connectivity index (χ2n) is 12.0. The molecule has 1 fully saturated rings. The number of benzene rings is 1. The van der Waals surface area contributed by atoms with Gasteiger partial charge in [0.15, 0.2) is 0 Å². The van der Waals surface area contributed by atoms with E-state index in [9.17, 15) is 9.18 Å². The molecule has 0 unspecified atom stereocenters. The molecule has 234 valence electrons. The van der Waals surface area contributed by atoms with Crippen molar-refractivity contribution < 1.29 is 18.3 Å². The molecule has 1 atom stereocenters. The molecule has 0 spiro atoms. The molecule has 2 N–H and O–H groups in total. The number of aryl methyl sites for hydroxylation is 3. The van der Waals surface area contributed by atoms with E-state index in [-0.39, 0.29) is 23.7 Å². The molecule has 0 aliphatic carbocycles. The second kappa shape index (κ2) is 13.0. The number of nitrogens with zero attached hydrogens (tertiary/aromatic N) is 5. The zero-order valence-corrected chi connectivity index (χ0v) is 26.8. The second-order valence-corrected chi connectivity index (χ2v) is 13.0. The number of carbonyl (C=O) groups is 1. The Hall–Kier alpha value is -4.22. The molecule has 1 amide bonds. The smallest absolute Gasteiger partial charge is 0.251 e. The van der Waals surface area contributed by atoms with Gasteiger partial charge in [-0.1, -0.05) is 26.0 Å². The monoisotopic (exact) mass is 628 g/mol. The van der Waals surface area contributed by atoms with E-state index < -0.39 is 5.91 Å². The molecule has 1 saturated heterocycles. The molecule has 1 aliphatic rings. The quantitative estimate of drug-likeness (QED) is 0.185. The molecule has 5 heterocycles. The third-order valence-electron chi connectivity index (χ3n) is 8.17. The number of hydrogen-bond donors (Lipinski definition) is 1. The number of aromatic nitrogens is 4. The maximum absolute atomic E-state index is 13.6. The predicted molar refractivity (Wildman–Crippen MR) is 174 cm³/mol. The Morgan fingerprint density at radius 1 is 1.16 bits per heavy atom. The van der Waals surface area contributed by atoms with Crippen molar-refractivity contribution in [1.82, 2.24) is 20.2 Å². The molecule has 1 aliphatic heterocycles. The largest absolute Gasteiger partial charge is 0.421 e. The van der Waals surface area contributed by atoms with E-state index in [4.69, 9.17) is 24.9 Å². The summed E-state index contributed by atoms with van der Waals surface area (Å²) in [5, 5.41) is 9.52. The first-order valence-electron chi connectivity index (χ1n) is 15.3. The lowest BCUT2D eigenvalue weighted by atomic mass is 9.91. The Morgan fingerprint density at radius 3 is 2.64 bits per heavy atom. The van der Waals surface area contributed by atoms with Gasteiger partial charge in [-0.2, -0.15) is 0 Å². The Labute approximate surface area is 265 Å². The van der Waals surface area contributed by atoms with Crippen LogP contribution in [0.15, 0.2) is 47.0 Å². The number of thiophene rings is 1. The molecule has 0 radical (unpaired) electrons. The van der Waals surface area contributed by atoms with Crippen LogP contribution in [0.1, 0.15) is 59.9 Å². The van der Waals surface area contributed by atoms with Crippen molar-refractivity contribution in [3.63, 3.8) is 0 Å². The molecular weight excluding hydrogens is 591 g/mol. The molecule has 6 rings (SSSR count). The van der Waals surface area contributed by atoms with Crippen molar-refractivity contribution in [2.75, 3.05) is 25.1 Å². The number of anilines is 1. The summed E-state index contributed by atoms with van der Waals surface area (Å²) in [5.41, 5.74) is 10.1. The number of halogens is 1. The number of rotatable bonds is 10. The predicted octanol–water partition coefficient (Wildman–Crippen LogP) is 6.55. The third kappa shape index (κ3) is 6.46. The molecule has 0 saturated carbocycles. The van der Waals surface area contributed by atoms with Crippen molar-refractivity contribution in [2.45, 2.75) is 59.0 Å². The maximum atomic E-state index is 13.6. The van der Waals surface area contributed by atoms with Crippen LogP contribution in [-0.2, 0) is 24.0 Å². The molecule has 11 heteroatoms. The molecule has 1 aromatic carbocycles. The fourth-order valence-electron chi connectivity index (χ4n) is 6.08. The summed E-state index contributed by atoms with van der Waals surface area (Å²) >= 11 is 1.57. The van der Waals surface area contributed by atoms with Gasteiger partial charge >= 0.3 is 0 Å². The summed E-state index contributed by atoms with van der Waals surface area (Å²) in [6.45, 7) is 7.55. The molecule has 45 heavy (non-hydrogen) atoms. The van der Waals surface area contributed by atoms with Crippen LogP contribution in [0.25, 0.3) is 32.0 Å². The van der Waals surface area contributed by atoms with E-state index in [2.05, 4.69) is 35.0 Å². The zero-order valence-electron chi connectivity index (χ0n) is 26.0. The normalized spacial score (nSPS) is 15.3. The number of primary amides is 1. The number of ether oxygens (including phenoxy) is 1. The number of fused-ring (bicyclic) bond motifs is 1. The Morgan fingerprint density at radius 2 is 1.96 bits per heavy atom.